The minimum atomic E-state index is -0.406. The first kappa shape index (κ1) is 8.56. The van der Waals surface area contributed by atoms with Gasteiger partial charge in [-0.3, -0.25) is 0 Å². The van der Waals surface area contributed by atoms with E-state index in [0.717, 1.165) is 0 Å². The zero-order valence-electron chi connectivity index (χ0n) is 6.55. The van der Waals surface area contributed by atoms with Gasteiger partial charge in [0.25, 0.3) is 0 Å². The van der Waals surface area contributed by atoms with E-state index in [4.69, 9.17) is 4.74 Å². The van der Waals surface area contributed by atoms with Crippen LogP contribution in [0.15, 0.2) is 22.7 Å². The van der Waals surface area contributed by atoms with E-state index >= 15 is 0 Å². The molecule has 0 saturated heterocycles. The van der Waals surface area contributed by atoms with Crippen LogP contribution in [0, 0.1) is 5.82 Å². The maximum Gasteiger partial charge on any atom is 0.145 e. The number of hydrogen-bond acceptors (Lipinski definition) is 2. The van der Waals surface area contributed by atoms with Crippen LogP contribution in [-0.4, -0.2) is 11.7 Å². The van der Waals surface area contributed by atoms with Gasteiger partial charge < -0.3 is 9.84 Å². The van der Waals surface area contributed by atoms with Gasteiger partial charge >= 0.3 is 0 Å². The normalized spacial score (nSPS) is 14.5. The van der Waals surface area contributed by atoms with Crippen molar-refractivity contribution in [1.82, 2.24) is 0 Å². The van der Waals surface area contributed by atoms with Crippen LogP contribution in [0.2, 0.25) is 0 Å². The second kappa shape index (κ2) is 3.03. The fraction of sp³-hybridized carbons (Fsp3) is 0.111. The molecule has 1 aliphatic heterocycles. The van der Waals surface area contributed by atoms with Crippen LogP contribution in [0.25, 0.3) is 5.76 Å². The van der Waals surface area contributed by atoms with Gasteiger partial charge in [-0.15, -0.1) is 0 Å². The molecule has 0 aromatic heterocycles. The van der Waals surface area contributed by atoms with Crippen LogP contribution in [0.1, 0.15) is 5.56 Å². The van der Waals surface area contributed by atoms with Crippen LogP contribution in [-0.2, 0) is 0 Å². The zero-order chi connectivity index (χ0) is 9.42. The predicted octanol–water partition coefficient (Wildman–Crippen LogP) is 2.88. The van der Waals surface area contributed by atoms with Crippen molar-refractivity contribution in [2.75, 3.05) is 6.61 Å². The molecule has 0 amide bonds. The van der Waals surface area contributed by atoms with E-state index in [0.29, 0.717) is 22.4 Å². The smallest absolute Gasteiger partial charge is 0.145 e. The summed E-state index contributed by atoms with van der Waals surface area (Å²) in [7, 11) is 0. The van der Waals surface area contributed by atoms with Gasteiger partial charge in [0.1, 0.15) is 23.9 Å². The van der Waals surface area contributed by atoms with Gasteiger partial charge in [0.15, 0.2) is 0 Å². The first-order valence-electron chi connectivity index (χ1n) is 3.70. The number of ether oxygens (including phenoxy) is 1. The number of benzene rings is 1. The van der Waals surface area contributed by atoms with Crippen LogP contribution < -0.4 is 4.74 Å². The summed E-state index contributed by atoms with van der Waals surface area (Å²) >= 11 is 3.16. The quantitative estimate of drug-likeness (QED) is 0.761. The fourth-order valence-corrected chi connectivity index (χ4v) is 1.76. The number of aliphatic hydroxyl groups is 1. The van der Waals surface area contributed by atoms with Crippen LogP contribution in [0.3, 0.4) is 0 Å². The average Bonchev–Trinajstić information content (AvgIpc) is 2.07. The highest BCUT2D eigenvalue weighted by Crippen LogP contribution is 2.35. The fourth-order valence-electron chi connectivity index (χ4n) is 1.21. The van der Waals surface area contributed by atoms with Crippen molar-refractivity contribution in [2.24, 2.45) is 0 Å². The van der Waals surface area contributed by atoms with Crippen LogP contribution in [0.4, 0.5) is 4.39 Å². The highest BCUT2D eigenvalue weighted by molar-refractivity contribution is 9.10. The Morgan fingerprint density at radius 1 is 1.46 bits per heavy atom. The number of fused-ring (bicyclic) bond motifs is 1. The van der Waals surface area contributed by atoms with E-state index in [1.165, 1.54) is 18.2 Å². The Bertz CT molecular complexity index is 387. The lowest BCUT2D eigenvalue weighted by Crippen LogP contribution is -2.05. The van der Waals surface area contributed by atoms with Gasteiger partial charge in [0.2, 0.25) is 0 Å². The second-order valence-corrected chi connectivity index (χ2v) is 3.52. The molecule has 1 aliphatic rings. The summed E-state index contributed by atoms with van der Waals surface area (Å²) in [4.78, 5) is 0. The van der Waals surface area contributed by atoms with E-state index in [1.54, 1.807) is 0 Å². The summed E-state index contributed by atoms with van der Waals surface area (Å²) in [6.07, 6.45) is 1.49. The maximum absolute atomic E-state index is 12.9. The Balaban J connectivity index is 2.66. The molecule has 0 spiro atoms. The minimum absolute atomic E-state index is 0.0569. The summed E-state index contributed by atoms with van der Waals surface area (Å²) in [5, 5.41) is 9.40. The van der Waals surface area contributed by atoms with E-state index in [-0.39, 0.29) is 5.76 Å². The molecule has 1 N–H and O–H groups in total. The first-order valence-corrected chi connectivity index (χ1v) is 4.49. The minimum Gasteiger partial charge on any atom is -0.507 e. The molecule has 0 saturated carbocycles. The summed E-state index contributed by atoms with van der Waals surface area (Å²) < 4.78 is 18.7. The molecule has 4 heteroatoms. The van der Waals surface area contributed by atoms with E-state index in [2.05, 4.69) is 15.9 Å². The predicted molar refractivity (Wildman–Crippen MR) is 50.2 cm³/mol. The largest absolute Gasteiger partial charge is 0.507 e. The molecule has 1 aromatic rings. The Morgan fingerprint density at radius 3 is 3.00 bits per heavy atom. The summed E-state index contributed by atoms with van der Waals surface area (Å²) in [6, 6.07) is 2.54. The lowest BCUT2D eigenvalue weighted by molar-refractivity contribution is 0.342. The molecule has 0 atom stereocenters. The molecule has 68 valence electrons. The van der Waals surface area contributed by atoms with Crippen molar-refractivity contribution in [3.8, 4) is 5.75 Å². The van der Waals surface area contributed by atoms with Crippen molar-refractivity contribution < 1.29 is 14.2 Å². The summed E-state index contributed by atoms with van der Waals surface area (Å²) in [5.74, 6) is 0.138. The van der Waals surface area contributed by atoms with Crippen molar-refractivity contribution in [2.45, 2.75) is 0 Å². The van der Waals surface area contributed by atoms with Gasteiger partial charge in [0.05, 0.1) is 10.0 Å². The lowest BCUT2D eigenvalue weighted by atomic mass is 10.1. The van der Waals surface area contributed by atoms with Gasteiger partial charge in [-0.2, -0.15) is 0 Å². The molecule has 0 fully saturated rings. The van der Waals surface area contributed by atoms with Gasteiger partial charge in [-0.1, -0.05) is 0 Å². The molecular formula is C9H6BrFO2. The third kappa shape index (κ3) is 1.42. The second-order valence-electron chi connectivity index (χ2n) is 2.66. The van der Waals surface area contributed by atoms with Gasteiger partial charge in [-0.25, -0.2) is 4.39 Å². The third-order valence-corrected chi connectivity index (χ3v) is 2.38. The van der Waals surface area contributed by atoms with Crippen LogP contribution in [0.5, 0.6) is 5.75 Å². The highest BCUT2D eigenvalue weighted by Gasteiger charge is 2.17. The molecule has 0 unspecified atom stereocenters. The maximum atomic E-state index is 12.9. The highest BCUT2D eigenvalue weighted by atomic mass is 79.9. The van der Waals surface area contributed by atoms with Gasteiger partial charge in [0, 0.05) is 0 Å². The Morgan fingerprint density at radius 2 is 2.23 bits per heavy atom. The molecule has 2 nitrogen and oxygen atoms in total. The topological polar surface area (TPSA) is 29.5 Å². The SMILES string of the molecule is OC1=CCOc2c(Br)cc(F)cc21. The Labute approximate surface area is 82.8 Å². The molecule has 0 bridgehead atoms. The lowest BCUT2D eigenvalue weighted by Gasteiger charge is -2.16. The van der Waals surface area contributed by atoms with Crippen LogP contribution >= 0.6 is 15.9 Å². The summed E-state index contributed by atoms with van der Waals surface area (Å²) in [5.41, 5.74) is 0.387. The first-order chi connectivity index (χ1) is 6.18. The molecule has 13 heavy (non-hydrogen) atoms. The number of rotatable bonds is 0. The average molecular weight is 245 g/mol. The standard InChI is InChI=1S/C9H6BrFO2/c10-7-4-5(11)3-6-8(12)1-2-13-9(6)7/h1,3-4,12H,2H2. The molecule has 0 aliphatic carbocycles. The molecular weight excluding hydrogens is 239 g/mol. The number of hydrogen-bond donors (Lipinski definition) is 1. The van der Waals surface area contributed by atoms with Crippen molar-refractivity contribution in [3.63, 3.8) is 0 Å². The van der Waals surface area contributed by atoms with E-state index in [1.807, 2.05) is 0 Å². The molecule has 1 heterocycles. The van der Waals surface area contributed by atoms with E-state index < -0.39 is 5.82 Å². The third-order valence-electron chi connectivity index (χ3n) is 1.79. The van der Waals surface area contributed by atoms with Crippen molar-refractivity contribution >= 4 is 21.7 Å². The molecule has 1 aromatic carbocycles. The van der Waals surface area contributed by atoms with Gasteiger partial charge in [-0.05, 0) is 34.1 Å². The molecule has 0 radical (unpaired) electrons. The number of halogens is 2. The van der Waals surface area contributed by atoms with Crippen molar-refractivity contribution in [1.29, 1.82) is 0 Å². The Kier molecular flexibility index (Phi) is 2.00. The van der Waals surface area contributed by atoms with Crippen molar-refractivity contribution in [3.05, 3.63) is 34.1 Å². The molecule has 2 rings (SSSR count). The summed E-state index contributed by atoms with van der Waals surface area (Å²) in [6.45, 7) is 0.309. The zero-order valence-corrected chi connectivity index (χ0v) is 8.14. The Hall–Kier alpha value is -1.03. The number of aliphatic hydroxyl groups excluding tert-OH is 1. The van der Waals surface area contributed by atoms with E-state index in [9.17, 15) is 9.50 Å². The monoisotopic (exact) mass is 244 g/mol.